The third-order valence-electron chi connectivity index (χ3n) is 5.06. The summed E-state index contributed by atoms with van der Waals surface area (Å²) in [6, 6.07) is 14.0. The molecule has 0 radical (unpaired) electrons. The summed E-state index contributed by atoms with van der Waals surface area (Å²) in [7, 11) is 0. The molecule has 2 aromatic rings. The number of fused-ring (bicyclic) bond motifs is 1. The average Bonchev–Trinajstić information content (AvgIpc) is 2.91. The lowest BCUT2D eigenvalue weighted by molar-refractivity contribution is 0.0258. The zero-order valence-electron chi connectivity index (χ0n) is 17.9. The van der Waals surface area contributed by atoms with E-state index in [1.165, 1.54) is 11.1 Å². The van der Waals surface area contributed by atoms with Crippen LogP contribution >= 0.6 is 23.4 Å². The van der Waals surface area contributed by atoms with Crippen molar-refractivity contribution in [3.63, 3.8) is 0 Å². The summed E-state index contributed by atoms with van der Waals surface area (Å²) in [6.07, 6.45) is 1.22. The maximum Gasteiger partial charge on any atom is 0.410 e. The topological polar surface area (TPSA) is 53.3 Å². The Labute approximate surface area is 188 Å². The minimum Gasteiger partial charge on any atom is -0.444 e. The van der Waals surface area contributed by atoms with Crippen molar-refractivity contribution in [2.45, 2.75) is 56.3 Å². The predicted octanol–water partition coefficient (Wildman–Crippen LogP) is 6.40. The molecular formula is C24H27ClN2O2S. The van der Waals surface area contributed by atoms with E-state index in [0.717, 1.165) is 23.3 Å². The second-order valence-electron chi connectivity index (χ2n) is 8.44. The van der Waals surface area contributed by atoms with Crippen LogP contribution < -0.4 is 0 Å². The number of carbonyl (C=O) groups is 1. The van der Waals surface area contributed by atoms with Gasteiger partial charge in [-0.25, -0.2) is 4.79 Å². The van der Waals surface area contributed by atoms with Crippen molar-refractivity contribution in [1.82, 2.24) is 4.90 Å². The molecule has 1 aliphatic rings. The number of nitrogens with zero attached hydrogens (tertiary/aromatic N) is 2. The maximum absolute atomic E-state index is 12.5. The number of ether oxygens (including phenoxy) is 1. The Morgan fingerprint density at radius 3 is 2.60 bits per heavy atom. The first-order chi connectivity index (χ1) is 14.2. The molecular weight excluding hydrogens is 416 g/mol. The van der Waals surface area contributed by atoms with Gasteiger partial charge >= 0.3 is 6.09 Å². The Morgan fingerprint density at radius 1 is 1.20 bits per heavy atom. The quantitative estimate of drug-likeness (QED) is 0.516. The third kappa shape index (κ3) is 5.30. The van der Waals surface area contributed by atoms with Crippen LogP contribution in [0.5, 0.6) is 0 Å². The summed E-state index contributed by atoms with van der Waals surface area (Å²) < 4.78 is 5.56. The zero-order chi connectivity index (χ0) is 21.9. The van der Waals surface area contributed by atoms with Gasteiger partial charge in [-0.15, -0.1) is 11.8 Å². The van der Waals surface area contributed by atoms with E-state index in [-0.39, 0.29) is 11.3 Å². The molecule has 0 fully saturated rings. The number of hydrogen-bond acceptors (Lipinski definition) is 4. The van der Waals surface area contributed by atoms with Crippen LogP contribution in [0, 0.1) is 11.3 Å². The number of halogens is 1. The Bertz CT molecular complexity index is 978. The van der Waals surface area contributed by atoms with Crippen molar-refractivity contribution < 1.29 is 9.53 Å². The Morgan fingerprint density at radius 2 is 1.90 bits per heavy atom. The summed E-state index contributed by atoms with van der Waals surface area (Å²) in [5, 5.41) is 10.2. The predicted molar refractivity (Wildman–Crippen MR) is 122 cm³/mol. The number of benzene rings is 2. The van der Waals surface area contributed by atoms with Gasteiger partial charge in [-0.05, 0) is 69.4 Å². The lowest BCUT2D eigenvalue weighted by Gasteiger charge is -2.26. The van der Waals surface area contributed by atoms with Gasteiger partial charge in [0.2, 0.25) is 0 Å². The molecule has 0 saturated heterocycles. The van der Waals surface area contributed by atoms with Crippen molar-refractivity contribution in [3.8, 4) is 6.07 Å². The first-order valence-corrected chi connectivity index (χ1v) is 11.4. The lowest BCUT2D eigenvalue weighted by atomic mass is 10.0. The van der Waals surface area contributed by atoms with Crippen LogP contribution in [0.15, 0.2) is 41.3 Å². The molecule has 0 bridgehead atoms. The maximum atomic E-state index is 12.5. The Hall–Kier alpha value is -2.16. The first kappa shape index (κ1) is 22.5. The molecule has 3 rings (SSSR count). The van der Waals surface area contributed by atoms with Crippen molar-refractivity contribution in [2.24, 2.45) is 0 Å². The van der Waals surface area contributed by atoms with Crippen LogP contribution in [0.25, 0.3) is 0 Å². The number of carbonyl (C=O) groups excluding carboxylic acids is 1. The molecule has 0 aliphatic carbocycles. The highest BCUT2D eigenvalue weighted by Gasteiger charge is 2.26. The number of hydrogen-bond donors (Lipinski definition) is 0. The summed E-state index contributed by atoms with van der Waals surface area (Å²) >= 11 is 8.29. The molecule has 6 heteroatoms. The number of rotatable bonds is 3. The molecule has 30 heavy (non-hydrogen) atoms. The van der Waals surface area contributed by atoms with Gasteiger partial charge in [-0.1, -0.05) is 35.9 Å². The largest absolute Gasteiger partial charge is 0.444 e. The Kier molecular flexibility index (Phi) is 7.00. The minimum atomic E-state index is -0.510. The molecule has 1 amide bonds. The monoisotopic (exact) mass is 442 g/mol. The van der Waals surface area contributed by atoms with Gasteiger partial charge in [-0.3, -0.25) is 0 Å². The van der Waals surface area contributed by atoms with Gasteiger partial charge in [0.25, 0.3) is 0 Å². The first-order valence-electron chi connectivity index (χ1n) is 10.1. The van der Waals surface area contributed by atoms with Crippen molar-refractivity contribution in [2.75, 3.05) is 13.1 Å². The van der Waals surface area contributed by atoms with Crippen molar-refractivity contribution >= 4 is 29.5 Å². The molecule has 4 nitrogen and oxygen atoms in total. The highest BCUT2D eigenvalue weighted by atomic mass is 35.5. The van der Waals surface area contributed by atoms with Crippen LogP contribution in [0.3, 0.4) is 0 Å². The minimum absolute atomic E-state index is 0.0788. The lowest BCUT2D eigenvalue weighted by Crippen LogP contribution is -2.38. The van der Waals surface area contributed by atoms with E-state index < -0.39 is 5.60 Å². The number of thioether (sulfide) groups is 1. The molecule has 0 aromatic heterocycles. The van der Waals surface area contributed by atoms with Crippen molar-refractivity contribution in [1.29, 1.82) is 5.26 Å². The van der Waals surface area contributed by atoms with Crippen LogP contribution in [0.1, 0.15) is 55.2 Å². The molecule has 158 valence electrons. The standard InChI is InChI=1S/C24H27ClN2O2S/c1-16(19-8-6-5-7-18(19)15-26)30-22-20-12-14-27(23(28)29-24(2,3)4)13-11-17(20)9-10-21(22)25/h5-10,16H,11-14H2,1-4H3. The fourth-order valence-corrected chi connectivity index (χ4v) is 5.15. The third-order valence-corrected chi connectivity index (χ3v) is 6.79. The molecule has 2 aromatic carbocycles. The van der Waals surface area contributed by atoms with Crippen LogP contribution in [-0.4, -0.2) is 29.7 Å². The Balaban J connectivity index is 1.83. The van der Waals surface area contributed by atoms with E-state index >= 15 is 0 Å². The molecule has 1 atom stereocenters. The van der Waals surface area contributed by atoms with E-state index in [9.17, 15) is 10.1 Å². The van der Waals surface area contributed by atoms with E-state index in [4.69, 9.17) is 16.3 Å². The second-order valence-corrected chi connectivity index (χ2v) is 10.2. The number of amides is 1. The van der Waals surface area contributed by atoms with E-state index in [1.807, 2.05) is 51.1 Å². The van der Waals surface area contributed by atoms with Gasteiger partial charge in [0.15, 0.2) is 0 Å². The van der Waals surface area contributed by atoms with Gasteiger partial charge in [-0.2, -0.15) is 5.26 Å². The van der Waals surface area contributed by atoms with Crippen LogP contribution in [0.2, 0.25) is 5.02 Å². The average molecular weight is 443 g/mol. The van der Waals surface area contributed by atoms with Crippen LogP contribution in [-0.2, 0) is 17.6 Å². The normalized spacial score (nSPS) is 15.0. The summed E-state index contributed by atoms with van der Waals surface area (Å²) in [5.74, 6) is 0. The molecule has 1 unspecified atom stereocenters. The SMILES string of the molecule is CC(Sc1c(Cl)ccc2c1CCN(C(=O)OC(C)(C)C)CC2)c1ccccc1C#N. The van der Waals surface area contributed by atoms with Gasteiger partial charge in [0, 0.05) is 23.2 Å². The van der Waals surface area contributed by atoms with E-state index in [0.29, 0.717) is 23.7 Å². The smallest absolute Gasteiger partial charge is 0.410 e. The van der Waals surface area contributed by atoms with Gasteiger partial charge in [0.05, 0.1) is 16.7 Å². The molecule has 0 N–H and O–H groups in total. The fraction of sp³-hybridized carbons (Fsp3) is 0.417. The fourth-order valence-electron chi connectivity index (χ4n) is 3.59. The summed E-state index contributed by atoms with van der Waals surface area (Å²) in [6.45, 7) is 8.96. The van der Waals surface area contributed by atoms with Crippen LogP contribution in [0.4, 0.5) is 4.79 Å². The zero-order valence-corrected chi connectivity index (χ0v) is 19.4. The van der Waals surface area contributed by atoms with E-state index in [2.05, 4.69) is 19.1 Å². The van der Waals surface area contributed by atoms with Gasteiger partial charge < -0.3 is 9.64 Å². The molecule has 1 aliphatic heterocycles. The molecule has 0 saturated carbocycles. The summed E-state index contributed by atoms with van der Waals surface area (Å²) in [4.78, 5) is 15.4. The molecule has 0 spiro atoms. The van der Waals surface area contributed by atoms with E-state index in [1.54, 1.807) is 16.7 Å². The highest BCUT2D eigenvalue weighted by molar-refractivity contribution is 7.99. The van der Waals surface area contributed by atoms with Crippen molar-refractivity contribution in [3.05, 3.63) is 63.7 Å². The highest BCUT2D eigenvalue weighted by Crippen LogP contribution is 2.43. The second kappa shape index (κ2) is 9.32. The summed E-state index contributed by atoms with van der Waals surface area (Å²) in [5.41, 5.74) is 3.59. The van der Waals surface area contributed by atoms with Gasteiger partial charge in [0.1, 0.15) is 5.60 Å². The number of nitriles is 1. The molecule has 1 heterocycles.